The van der Waals surface area contributed by atoms with Crippen molar-refractivity contribution in [3.63, 3.8) is 0 Å². The molecule has 0 saturated heterocycles. The van der Waals surface area contributed by atoms with Crippen LogP contribution < -0.4 is 0 Å². The monoisotopic (exact) mass is 252 g/mol. The predicted octanol–water partition coefficient (Wildman–Crippen LogP) is 2.94. The van der Waals surface area contributed by atoms with Crippen molar-refractivity contribution < 1.29 is 4.79 Å². The summed E-state index contributed by atoms with van der Waals surface area (Å²) >= 11 is 2.20. The van der Waals surface area contributed by atoms with Gasteiger partial charge in [-0.15, -0.1) is 0 Å². The number of hydrogen-bond acceptors (Lipinski definition) is 1. The van der Waals surface area contributed by atoms with Crippen LogP contribution in [0.25, 0.3) is 0 Å². The van der Waals surface area contributed by atoms with Crippen molar-refractivity contribution in [3.05, 3.63) is 10.2 Å². The second-order valence-electron chi connectivity index (χ2n) is 3.23. The van der Waals surface area contributed by atoms with E-state index < -0.39 is 0 Å². The Balaban J connectivity index is 3.85. The van der Waals surface area contributed by atoms with E-state index in [2.05, 4.69) is 43.0 Å². The Hall–Kier alpha value is 0.140. The third-order valence-corrected chi connectivity index (χ3v) is 1.69. The van der Waals surface area contributed by atoms with Gasteiger partial charge < -0.3 is 4.79 Å². The van der Waals surface area contributed by atoms with Crippen LogP contribution in [0.1, 0.15) is 26.7 Å². The SMILES string of the molecule is C=C(I)CC(C)(C)CC=O. The van der Waals surface area contributed by atoms with Crippen LogP contribution in [0.15, 0.2) is 10.2 Å². The maximum absolute atomic E-state index is 10.2. The number of allylic oxidation sites excluding steroid dienone is 1. The van der Waals surface area contributed by atoms with Gasteiger partial charge in [-0.3, -0.25) is 0 Å². The summed E-state index contributed by atoms with van der Waals surface area (Å²) in [5.74, 6) is 0. The minimum atomic E-state index is 0.0972. The highest BCUT2D eigenvalue weighted by Crippen LogP contribution is 2.29. The van der Waals surface area contributed by atoms with Crippen LogP contribution in [0.2, 0.25) is 0 Å². The summed E-state index contributed by atoms with van der Waals surface area (Å²) < 4.78 is 1.12. The molecule has 0 aromatic carbocycles. The zero-order valence-corrected chi connectivity index (χ0v) is 8.64. The molecule has 0 aliphatic heterocycles. The summed E-state index contributed by atoms with van der Waals surface area (Å²) in [4.78, 5) is 10.2. The van der Waals surface area contributed by atoms with E-state index in [4.69, 9.17) is 0 Å². The van der Waals surface area contributed by atoms with Gasteiger partial charge in [0.05, 0.1) is 0 Å². The quantitative estimate of drug-likeness (QED) is 0.555. The average molecular weight is 252 g/mol. The van der Waals surface area contributed by atoms with Crippen LogP contribution in [0.4, 0.5) is 0 Å². The highest BCUT2D eigenvalue weighted by Gasteiger charge is 2.16. The number of carbonyl (C=O) groups is 1. The molecule has 0 amide bonds. The van der Waals surface area contributed by atoms with Crippen molar-refractivity contribution in [1.82, 2.24) is 0 Å². The zero-order chi connectivity index (χ0) is 8.20. The first-order valence-electron chi connectivity index (χ1n) is 3.25. The van der Waals surface area contributed by atoms with Gasteiger partial charge in [-0.05, 0) is 38.0 Å². The lowest BCUT2D eigenvalue weighted by Gasteiger charge is -2.20. The van der Waals surface area contributed by atoms with Crippen molar-refractivity contribution in [2.24, 2.45) is 5.41 Å². The molecule has 0 aromatic heterocycles. The van der Waals surface area contributed by atoms with Crippen molar-refractivity contribution >= 4 is 28.9 Å². The molecule has 0 atom stereocenters. The maximum atomic E-state index is 10.2. The lowest BCUT2D eigenvalue weighted by atomic mass is 9.86. The Labute approximate surface area is 76.0 Å². The van der Waals surface area contributed by atoms with Gasteiger partial charge in [-0.2, -0.15) is 0 Å². The van der Waals surface area contributed by atoms with Gasteiger partial charge in [0.2, 0.25) is 0 Å². The van der Waals surface area contributed by atoms with Crippen LogP contribution in [-0.2, 0) is 4.79 Å². The Morgan fingerprint density at radius 2 is 2.20 bits per heavy atom. The van der Waals surface area contributed by atoms with Crippen LogP contribution in [-0.4, -0.2) is 6.29 Å². The lowest BCUT2D eigenvalue weighted by molar-refractivity contribution is -0.109. The molecule has 0 spiro atoms. The highest BCUT2D eigenvalue weighted by atomic mass is 127. The minimum absolute atomic E-state index is 0.0972. The van der Waals surface area contributed by atoms with E-state index in [1.807, 2.05) is 0 Å². The van der Waals surface area contributed by atoms with Gasteiger partial charge in [-0.25, -0.2) is 0 Å². The molecular formula is C8H13IO. The number of hydrogen-bond donors (Lipinski definition) is 0. The van der Waals surface area contributed by atoms with Crippen molar-refractivity contribution in [1.29, 1.82) is 0 Å². The molecule has 0 aliphatic rings. The molecule has 0 N–H and O–H groups in total. The van der Waals surface area contributed by atoms with Gasteiger partial charge in [-0.1, -0.05) is 20.4 Å². The van der Waals surface area contributed by atoms with E-state index in [9.17, 15) is 4.79 Å². The largest absolute Gasteiger partial charge is 0.303 e. The van der Waals surface area contributed by atoms with Gasteiger partial charge in [0, 0.05) is 6.42 Å². The van der Waals surface area contributed by atoms with E-state index in [1.165, 1.54) is 0 Å². The molecule has 0 radical (unpaired) electrons. The van der Waals surface area contributed by atoms with E-state index >= 15 is 0 Å². The Bertz CT molecular complexity index is 138. The second-order valence-corrected chi connectivity index (χ2v) is 4.75. The van der Waals surface area contributed by atoms with Crippen molar-refractivity contribution in [2.75, 3.05) is 0 Å². The van der Waals surface area contributed by atoms with Crippen molar-refractivity contribution in [3.8, 4) is 0 Å². The molecule has 2 heteroatoms. The molecule has 0 bridgehead atoms. The van der Waals surface area contributed by atoms with E-state index in [1.54, 1.807) is 0 Å². The topological polar surface area (TPSA) is 17.1 Å². The Morgan fingerprint density at radius 1 is 1.70 bits per heavy atom. The van der Waals surface area contributed by atoms with Crippen LogP contribution in [0, 0.1) is 5.41 Å². The normalized spacial score (nSPS) is 11.1. The molecule has 0 unspecified atom stereocenters. The number of carbonyl (C=O) groups excluding carboxylic acids is 1. The van der Waals surface area contributed by atoms with E-state index in [-0.39, 0.29) is 5.41 Å². The first kappa shape index (κ1) is 10.1. The lowest BCUT2D eigenvalue weighted by Crippen LogP contribution is -2.11. The van der Waals surface area contributed by atoms with E-state index in [0.717, 1.165) is 16.3 Å². The summed E-state index contributed by atoms with van der Waals surface area (Å²) in [6.07, 6.45) is 2.51. The first-order valence-corrected chi connectivity index (χ1v) is 4.33. The molecule has 10 heavy (non-hydrogen) atoms. The van der Waals surface area contributed by atoms with Gasteiger partial charge in [0.1, 0.15) is 6.29 Å². The molecule has 0 aliphatic carbocycles. The molecule has 0 aromatic rings. The fourth-order valence-corrected chi connectivity index (χ4v) is 1.85. The standard InChI is InChI=1S/C8H13IO/c1-7(9)6-8(2,3)4-5-10/h5H,1,4,6H2,2-3H3. The minimum Gasteiger partial charge on any atom is -0.303 e. The molecule has 1 nitrogen and oxygen atoms in total. The van der Waals surface area contributed by atoms with Gasteiger partial charge in [0.25, 0.3) is 0 Å². The fraction of sp³-hybridized carbons (Fsp3) is 0.625. The third kappa shape index (κ3) is 4.97. The Morgan fingerprint density at radius 3 is 2.50 bits per heavy atom. The zero-order valence-electron chi connectivity index (χ0n) is 6.48. The molecule has 0 heterocycles. The summed E-state index contributed by atoms with van der Waals surface area (Å²) in [7, 11) is 0. The molecule has 0 rings (SSSR count). The number of rotatable bonds is 4. The summed E-state index contributed by atoms with van der Waals surface area (Å²) in [5, 5.41) is 0. The predicted molar refractivity (Wildman–Crippen MR) is 52.2 cm³/mol. The van der Waals surface area contributed by atoms with Crippen molar-refractivity contribution in [2.45, 2.75) is 26.7 Å². The second kappa shape index (κ2) is 4.11. The molecule has 58 valence electrons. The number of aldehydes is 1. The van der Waals surface area contributed by atoms with Crippen LogP contribution in [0.3, 0.4) is 0 Å². The number of halogens is 1. The summed E-state index contributed by atoms with van der Waals surface area (Å²) in [6, 6.07) is 0. The Kier molecular flexibility index (Phi) is 4.17. The fourth-order valence-electron chi connectivity index (χ4n) is 0.817. The third-order valence-electron chi connectivity index (χ3n) is 1.31. The average Bonchev–Trinajstić information content (AvgIpc) is 1.59. The summed E-state index contributed by atoms with van der Waals surface area (Å²) in [6.45, 7) is 7.94. The highest BCUT2D eigenvalue weighted by molar-refractivity contribution is 14.1. The smallest absolute Gasteiger partial charge is 0.120 e. The molecule has 0 fully saturated rings. The van der Waals surface area contributed by atoms with Gasteiger partial charge in [0.15, 0.2) is 0 Å². The van der Waals surface area contributed by atoms with Crippen LogP contribution >= 0.6 is 22.6 Å². The molecule has 0 saturated carbocycles. The molecular weight excluding hydrogens is 239 g/mol. The summed E-state index contributed by atoms with van der Waals surface area (Å²) in [5.41, 5.74) is 0.0972. The van der Waals surface area contributed by atoms with Gasteiger partial charge >= 0.3 is 0 Å². The first-order chi connectivity index (χ1) is 4.48. The maximum Gasteiger partial charge on any atom is 0.120 e. The van der Waals surface area contributed by atoms with E-state index in [0.29, 0.717) is 6.42 Å². The van der Waals surface area contributed by atoms with Crippen LogP contribution in [0.5, 0.6) is 0 Å².